The number of halogens is 1. The van der Waals surface area contributed by atoms with Crippen LogP contribution in [0.4, 0.5) is 10.5 Å². The Morgan fingerprint density at radius 2 is 1.94 bits per heavy atom. The topological polar surface area (TPSA) is 122 Å². The highest BCUT2D eigenvalue weighted by atomic mass is 35.5. The van der Waals surface area contributed by atoms with Crippen molar-refractivity contribution in [2.24, 2.45) is 0 Å². The number of barbiturate groups is 1. The summed E-state index contributed by atoms with van der Waals surface area (Å²) in [5, 5.41) is 11.5. The van der Waals surface area contributed by atoms with Gasteiger partial charge in [0.15, 0.2) is 18.1 Å². The van der Waals surface area contributed by atoms with Gasteiger partial charge in [-0.2, -0.15) is 0 Å². The van der Waals surface area contributed by atoms with Crippen molar-refractivity contribution in [3.05, 3.63) is 70.3 Å². The van der Waals surface area contributed by atoms with E-state index in [9.17, 15) is 19.2 Å². The maximum absolute atomic E-state index is 13.3. The minimum Gasteiger partial charge on any atom is -0.490 e. The van der Waals surface area contributed by atoms with Crippen molar-refractivity contribution in [1.82, 2.24) is 5.32 Å². The number of aryl methyl sites for hydroxylation is 1. The zero-order chi connectivity index (χ0) is 25.7. The van der Waals surface area contributed by atoms with Gasteiger partial charge in [-0.3, -0.25) is 14.9 Å². The summed E-state index contributed by atoms with van der Waals surface area (Å²) in [6.07, 6.45) is 3.22. The minimum atomic E-state index is -1.16. The molecule has 1 heterocycles. The number of hydrogen-bond donors (Lipinski definition) is 2. The molecule has 0 spiro atoms. The number of ether oxygens (including phenoxy) is 2. The lowest BCUT2D eigenvalue weighted by atomic mass is 10.0. The smallest absolute Gasteiger partial charge is 0.341 e. The Labute approximate surface area is 206 Å². The Bertz CT molecular complexity index is 1250. The zero-order valence-electron chi connectivity index (χ0n) is 19.1. The van der Waals surface area contributed by atoms with Crippen molar-refractivity contribution in [2.75, 3.05) is 18.1 Å². The number of aliphatic carboxylic acids is 1. The molecule has 0 aromatic heterocycles. The quantitative estimate of drug-likeness (QED) is 0.305. The molecule has 4 amide bonds. The van der Waals surface area contributed by atoms with Crippen LogP contribution in [0, 0.1) is 6.92 Å². The van der Waals surface area contributed by atoms with Crippen LogP contribution in [-0.4, -0.2) is 42.1 Å². The monoisotopic (exact) mass is 498 g/mol. The van der Waals surface area contributed by atoms with Crippen LogP contribution in [0.3, 0.4) is 0 Å². The summed E-state index contributed by atoms with van der Waals surface area (Å²) in [6.45, 7) is 6.83. The first-order valence-electron chi connectivity index (χ1n) is 10.6. The lowest BCUT2D eigenvalue weighted by Gasteiger charge is -2.27. The van der Waals surface area contributed by atoms with Gasteiger partial charge < -0.3 is 14.6 Å². The van der Waals surface area contributed by atoms with E-state index in [4.69, 9.17) is 26.2 Å². The van der Waals surface area contributed by atoms with Gasteiger partial charge in [0.25, 0.3) is 11.8 Å². The second kappa shape index (κ2) is 10.9. The molecule has 0 saturated carbocycles. The fourth-order valence-electron chi connectivity index (χ4n) is 3.50. The van der Waals surface area contributed by atoms with Crippen LogP contribution in [0.5, 0.6) is 11.5 Å². The van der Waals surface area contributed by atoms with Gasteiger partial charge >= 0.3 is 12.0 Å². The van der Waals surface area contributed by atoms with Gasteiger partial charge in [0.1, 0.15) is 5.57 Å². The molecule has 9 nitrogen and oxygen atoms in total. The predicted molar refractivity (Wildman–Crippen MR) is 130 cm³/mol. The Morgan fingerprint density at radius 3 is 2.60 bits per heavy atom. The van der Waals surface area contributed by atoms with Crippen molar-refractivity contribution < 1.29 is 33.8 Å². The largest absolute Gasteiger partial charge is 0.490 e. The fourth-order valence-corrected chi connectivity index (χ4v) is 3.67. The van der Waals surface area contributed by atoms with Crippen LogP contribution in [0.1, 0.15) is 23.6 Å². The number of anilines is 1. The van der Waals surface area contributed by atoms with Gasteiger partial charge in [-0.05, 0) is 61.7 Å². The summed E-state index contributed by atoms with van der Waals surface area (Å²) >= 11 is 6.06. The SMILES string of the molecule is C=CCc1cc(/C=C2\C(=O)NC(=O)N(c3cc(Cl)ccc3C)C2=O)cc(OCC)c1OCC(=O)O. The van der Waals surface area contributed by atoms with E-state index in [0.29, 0.717) is 28.1 Å². The third-order valence-electron chi connectivity index (χ3n) is 4.98. The number of carbonyl (C=O) groups is 4. The first-order chi connectivity index (χ1) is 16.7. The Balaban J connectivity index is 2.10. The third-order valence-corrected chi connectivity index (χ3v) is 5.22. The highest BCUT2D eigenvalue weighted by Crippen LogP contribution is 2.35. The van der Waals surface area contributed by atoms with Gasteiger partial charge in [-0.15, -0.1) is 6.58 Å². The number of amides is 4. The standard InChI is InChI=1S/C25H23ClN2O7/c1-4-6-16-9-15(11-20(34-5-2)22(16)35-13-21(29)30)10-18-23(31)27-25(33)28(24(18)32)19-12-17(26)8-7-14(19)3/h4,7-12H,1,5-6,13H2,2-3H3,(H,29,30)(H,27,31,33)/b18-10+. The Hall–Kier alpha value is -4.11. The number of nitrogens with zero attached hydrogens (tertiary/aromatic N) is 1. The second-order valence-electron chi connectivity index (χ2n) is 7.50. The molecule has 182 valence electrons. The molecule has 1 fully saturated rings. The molecule has 2 aromatic rings. The van der Waals surface area contributed by atoms with Crippen LogP contribution >= 0.6 is 11.6 Å². The van der Waals surface area contributed by atoms with E-state index in [0.717, 1.165) is 4.90 Å². The van der Waals surface area contributed by atoms with Gasteiger partial charge in [-0.1, -0.05) is 23.7 Å². The van der Waals surface area contributed by atoms with Crippen LogP contribution in [0.25, 0.3) is 6.08 Å². The number of imide groups is 2. The Kier molecular flexibility index (Phi) is 7.93. The van der Waals surface area contributed by atoms with E-state index in [1.807, 2.05) is 0 Å². The van der Waals surface area contributed by atoms with Crippen LogP contribution in [0.15, 0.2) is 48.6 Å². The molecule has 0 bridgehead atoms. The van der Waals surface area contributed by atoms with Crippen molar-refractivity contribution in [1.29, 1.82) is 0 Å². The first kappa shape index (κ1) is 25.5. The number of allylic oxidation sites excluding steroid dienone is 1. The third kappa shape index (κ3) is 5.70. The molecule has 1 aliphatic heterocycles. The van der Waals surface area contributed by atoms with Crippen LogP contribution in [0.2, 0.25) is 5.02 Å². The molecule has 3 rings (SSSR count). The molecular formula is C25H23ClN2O7. The second-order valence-corrected chi connectivity index (χ2v) is 7.94. The molecule has 0 unspecified atom stereocenters. The van der Waals surface area contributed by atoms with E-state index < -0.39 is 30.4 Å². The number of nitrogens with one attached hydrogen (secondary N) is 1. The summed E-state index contributed by atoms with van der Waals surface area (Å²) in [7, 11) is 0. The number of rotatable bonds is 9. The summed E-state index contributed by atoms with van der Waals surface area (Å²) in [6, 6.07) is 7.00. The lowest BCUT2D eigenvalue weighted by Crippen LogP contribution is -2.54. The molecule has 1 saturated heterocycles. The number of benzene rings is 2. The summed E-state index contributed by atoms with van der Waals surface area (Å²) in [5.74, 6) is -2.37. The van der Waals surface area contributed by atoms with Gasteiger partial charge in [0.05, 0.1) is 12.3 Å². The van der Waals surface area contributed by atoms with E-state index in [1.54, 1.807) is 38.1 Å². The molecule has 10 heteroatoms. The van der Waals surface area contributed by atoms with Gasteiger partial charge in [0.2, 0.25) is 0 Å². The molecule has 1 aliphatic rings. The van der Waals surface area contributed by atoms with Crippen LogP contribution in [-0.2, 0) is 20.8 Å². The average molecular weight is 499 g/mol. The lowest BCUT2D eigenvalue weighted by molar-refractivity contribution is -0.139. The van der Waals surface area contributed by atoms with Crippen molar-refractivity contribution >= 4 is 47.2 Å². The number of hydrogen-bond acceptors (Lipinski definition) is 6. The van der Waals surface area contributed by atoms with E-state index in [2.05, 4.69) is 11.9 Å². The summed E-state index contributed by atoms with van der Waals surface area (Å²) in [4.78, 5) is 50.3. The predicted octanol–water partition coefficient (Wildman–Crippen LogP) is 3.91. The van der Waals surface area contributed by atoms with E-state index in [-0.39, 0.29) is 29.4 Å². The van der Waals surface area contributed by atoms with Crippen molar-refractivity contribution in [3.63, 3.8) is 0 Å². The number of carboxylic acids is 1. The molecule has 0 aliphatic carbocycles. The highest BCUT2D eigenvalue weighted by Gasteiger charge is 2.37. The number of urea groups is 1. The average Bonchev–Trinajstić information content (AvgIpc) is 2.78. The molecular weight excluding hydrogens is 476 g/mol. The number of carboxylic acid groups (broad SMARTS) is 1. The fraction of sp³-hybridized carbons (Fsp3) is 0.200. The van der Waals surface area contributed by atoms with Gasteiger partial charge in [0, 0.05) is 10.6 Å². The minimum absolute atomic E-state index is 0.224. The first-order valence-corrected chi connectivity index (χ1v) is 11.0. The normalized spacial score (nSPS) is 14.7. The van der Waals surface area contributed by atoms with Crippen molar-refractivity contribution in [3.8, 4) is 11.5 Å². The van der Waals surface area contributed by atoms with E-state index >= 15 is 0 Å². The zero-order valence-corrected chi connectivity index (χ0v) is 19.8. The van der Waals surface area contributed by atoms with Gasteiger partial charge in [-0.25, -0.2) is 14.5 Å². The summed E-state index contributed by atoms with van der Waals surface area (Å²) < 4.78 is 11.1. The maximum Gasteiger partial charge on any atom is 0.341 e. The molecule has 0 atom stereocenters. The van der Waals surface area contributed by atoms with Crippen molar-refractivity contribution in [2.45, 2.75) is 20.3 Å². The molecule has 0 radical (unpaired) electrons. The highest BCUT2D eigenvalue weighted by molar-refractivity contribution is 6.39. The molecule has 2 N–H and O–H groups in total. The summed E-state index contributed by atoms with van der Waals surface area (Å²) in [5.41, 5.74) is 1.52. The Morgan fingerprint density at radius 1 is 1.20 bits per heavy atom. The van der Waals surface area contributed by atoms with Crippen LogP contribution < -0.4 is 19.7 Å². The number of carbonyl (C=O) groups excluding carboxylic acids is 3. The van der Waals surface area contributed by atoms with E-state index in [1.165, 1.54) is 18.2 Å². The maximum atomic E-state index is 13.3. The molecule has 2 aromatic carbocycles. The molecule has 35 heavy (non-hydrogen) atoms.